The Balaban J connectivity index is 2.56. The highest BCUT2D eigenvalue weighted by Crippen LogP contribution is 2.09. The summed E-state index contributed by atoms with van der Waals surface area (Å²) in [5.41, 5.74) is 0.734. The van der Waals surface area contributed by atoms with Crippen molar-refractivity contribution in [2.45, 2.75) is 0 Å². The zero-order valence-electron chi connectivity index (χ0n) is 9.64. The van der Waals surface area contributed by atoms with Crippen LogP contribution in [-0.2, 0) is 9.47 Å². The van der Waals surface area contributed by atoms with Gasteiger partial charge < -0.3 is 14.4 Å². The first kappa shape index (κ1) is 13.2. The molecule has 1 amide bonds. The maximum Gasteiger partial charge on any atom is 0.254 e. The van der Waals surface area contributed by atoms with Gasteiger partial charge in [-0.05, 0) is 11.4 Å². The van der Waals surface area contributed by atoms with Crippen LogP contribution in [0.15, 0.2) is 16.8 Å². The van der Waals surface area contributed by atoms with E-state index in [1.54, 1.807) is 19.1 Å². The van der Waals surface area contributed by atoms with Crippen molar-refractivity contribution in [3.8, 4) is 0 Å². The van der Waals surface area contributed by atoms with Crippen molar-refractivity contribution >= 4 is 17.2 Å². The number of ether oxygens (including phenoxy) is 2. The van der Waals surface area contributed by atoms with E-state index in [1.807, 2.05) is 16.8 Å². The third-order valence-electron chi connectivity index (χ3n) is 2.19. The summed E-state index contributed by atoms with van der Waals surface area (Å²) in [5, 5.41) is 3.76. The number of hydrogen-bond donors (Lipinski definition) is 0. The minimum Gasteiger partial charge on any atom is -0.383 e. The predicted molar refractivity (Wildman–Crippen MR) is 64.0 cm³/mol. The summed E-state index contributed by atoms with van der Waals surface area (Å²) in [7, 11) is 3.26. The highest BCUT2D eigenvalue weighted by atomic mass is 32.1. The van der Waals surface area contributed by atoms with Crippen molar-refractivity contribution in [1.82, 2.24) is 4.90 Å². The van der Waals surface area contributed by atoms with Crippen LogP contribution in [0, 0.1) is 0 Å². The highest BCUT2D eigenvalue weighted by molar-refractivity contribution is 7.08. The van der Waals surface area contributed by atoms with Crippen molar-refractivity contribution in [2.24, 2.45) is 0 Å². The second-order valence-electron chi connectivity index (χ2n) is 3.29. The molecule has 16 heavy (non-hydrogen) atoms. The van der Waals surface area contributed by atoms with Crippen LogP contribution in [0.25, 0.3) is 0 Å². The number of carbonyl (C=O) groups is 1. The van der Waals surface area contributed by atoms with Gasteiger partial charge in [0.15, 0.2) is 0 Å². The summed E-state index contributed by atoms with van der Waals surface area (Å²) in [6, 6.07) is 1.83. The van der Waals surface area contributed by atoms with Crippen molar-refractivity contribution in [2.75, 3.05) is 40.5 Å². The number of carbonyl (C=O) groups excluding carboxylic acids is 1. The third kappa shape index (κ3) is 3.92. The van der Waals surface area contributed by atoms with Crippen LogP contribution in [-0.4, -0.2) is 51.3 Å². The van der Waals surface area contributed by atoms with E-state index in [9.17, 15) is 4.79 Å². The molecule has 1 aromatic rings. The van der Waals surface area contributed by atoms with Crippen LogP contribution in [0.2, 0.25) is 0 Å². The summed E-state index contributed by atoms with van der Waals surface area (Å²) in [6.07, 6.45) is 0. The Bertz CT molecular complexity index is 292. The fourth-order valence-electron chi connectivity index (χ4n) is 1.29. The van der Waals surface area contributed by atoms with Gasteiger partial charge >= 0.3 is 0 Å². The SMILES string of the molecule is COCCN(CCOC)C(=O)c1ccsc1. The molecule has 0 aromatic carbocycles. The molecule has 5 heteroatoms. The monoisotopic (exact) mass is 243 g/mol. The van der Waals surface area contributed by atoms with Gasteiger partial charge in [0.05, 0.1) is 18.8 Å². The number of amides is 1. The van der Waals surface area contributed by atoms with E-state index in [2.05, 4.69) is 0 Å². The van der Waals surface area contributed by atoms with Crippen LogP contribution in [0.5, 0.6) is 0 Å². The normalized spacial score (nSPS) is 10.4. The Kier molecular flexibility index (Phi) is 6.07. The van der Waals surface area contributed by atoms with E-state index < -0.39 is 0 Å². The first-order valence-corrected chi connectivity index (χ1v) is 6.03. The minimum atomic E-state index is 0.0374. The smallest absolute Gasteiger partial charge is 0.254 e. The Labute approximate surface area is 99.8 Å². The second-order valence-corrected chi connectivity index (χ2v) is 4.07. The van der Waals surface area contributed by atoms with E-state index in [0.717, 1.165) is 5.56 Å². The molecule has 1 rings (SSSR count). The minimum absolute atomic E-state index is 0.0374. The average Bonchev–Trinajstić information content (AvgIpc) is 2.82. The Morgan fingerprint density at radius 2 is 1.94 bits per heavy atom. The molecule has 1 heterocycles. The van der Waals surface area contributed by atoms with E-state index in [4.69, 9.17) is 9.47 Å². The molecular formula is C11H17NO3S. The Morgan fingerprint density at radius 3 is 2.38 bits per heavy atom. The molecule has 0 radical (unpaired) electrons. The average molecular weight is 243 g/mol. The van der Waals surface area contributed by atoms with E-state index in [0.29, 0.717) is 26.3 Å². The largest absolute Gasteiger partial charge is 0.383 e. The molecule has 0 saturated heterocycles. The molecule has 0 fully saturated rings. The topological polar surface area (TPSA) is 38.8 Å². The predicted octanol–water partition coefficient (Wildman–Crippen LogP) is 1.48. The first-order valence-electron chi connectivity index (χ1n) is 5.09. The van der Waals surface area contributed by atoms with Crippen molar-refractivity contribution in [1.29, 1.82) is 0 Å². The van der Waals surface area contributed by atoms with Gasteiger partial charge in [-0.1, -0.05) is 0 Å². The summed E-state index contributed by atoms with van der Waals surface area (Å²) in [6.45, 7) is 2.27. The maximum atomic E-state index is 12.0. The van der Waals surface area contributed by atoms with Gasteiger partial charge in [-0.2, -0.15) is 11.3 Å². The lowest BCUT2D eigenvalue weighted by Crippen LogP contribution is -2.36. The van der Waals surface area contributed by atoms with Gasteiger partial charge in [0.1, 0.15) is 0 Å². The molecule has 0 aliphatic rings. The van der Waals surface area contributed by atoms with E-state index in [-0.39, 0.29) is 5.91 Å². The van der Waals surface area contributed by atoms with Crippen molar-refractivity contribution < 1.29 is 14.3 Å². The molecule has 0 atom stereocenters. The summed E-state index contributed by atoms with van der Waals surface area (Å²) >= 11 is 1.52. The van der Waals surface area contributed by atoms with Gasteiger partial charge in [0.2, 0.25) is 0 Å². The third-order valence-corrected chi connectivity index (χ3v) is 2.87. The van der Waals surface area contributed by atoms with Crippen LogP contribution >= 0.6 is 11.3 Å². The summed E-state index contributed by atoms with van der Waals surface area (Å²) in [4.78, 5) is 13.8. The first-order chi connectivity index (χ1) is 7.79. The zero-order chi connectivity index (χ0) is 11.8. The van der Waals surface area contributed by atoms with Gasteiger partial charge in [-0.25, -0.2) is 0 Å². The lowest BCUT2D eigenvalue weighted by molar-refractivity contribution is 0.0628. The molecule has 0 aliphatic heterocycles. The highest BCUT2D eigenvalue weighted by Gasteiger charge is 2.15. The van der Waals surface area contributed by atoms with E-state index >= 15 is 0 Å². The van der Waals surface area contributed by atoms with Gasteiger partial charge in [-0.15, -0.1) is 0 Å². The number of methoxy groups -OCH3 is 2. The number of thiophene rings is 1. The summed E-state index contributed by atoms with van der Waals surface area (Å²) in [5.74, 6) is 0.0374. The van der Waals surface area contributed by atoms with Crippen LogP contribution < -0.4 is 0 Å². The maximum absolute atomic E-state index is 12.0. The number of rotatable bonds is 7. The molecule has 0 bridgehead atoms. The number of hydrogen-bond acceptors (Lipinski definition) is 4. The van der Waals surface area contributed by atoms with Crippen molar-refractivity contribution in [3.63, 3.8) is 0 Å². The fourth-order valence-corrected chi connectivity index (χ4v) is 1.92. The van der Waals surface area contributed by atoms with Crippen molar-refractivity contribution in [3.05, 3.63) is 22.4 Å². The summed E-state index contributed by atoms with van der Waals surface area (Å²) < 4.78 is 9.98. The molecule has 90 valence electrons. The second kappa shape index (κ2) is 7.38. The standard InChI is InChI=1S/C11H17NO3S/c1-14-6-4-12(5-7-15-2)11(13)10-3-8-16-9-10/h3,8-9H,4-7H2,1-2H3. The molecule has 0 unspecified atom stereocenters. The Hall–Kier alpha value is -0.910. The molecule has 0 N–H and O–H groups in total. The van der Waals surface area contributed by atoms with Crippen LogP contribution in [0.4, 0.5) is 0 Å². The quantitative estimate of drug-likeness (QED) is 0.728. The van der Waals surface area contributed by atoms with Crippen LogP contribution in [0.1, 0.15) is 10.4 Å². The zero-order valence-corrected chi connectivity index (χ0v) is 10.5. The molecule has 1 aromatic heterocycles. The van der Waals surface area contributed by atoms with Gasteiger partial charge in [0, 0.05) is 32.7 Å². The van der Waals surface area contributed by atoms with Gasteiger partial charge in [0.25, 0.3) is 5.91 Å². The lowest BCUT2D eigenvalue weighted by atomic mass is 10.3. The molecule has 0 saturated carbocycles. The molecule has 0 aliphatic carbocycles. The molecular weight excluding hydrogens is 226 g/mol. The molecule has 0 spiro atoms. The lowest BCUT2D eigenvalue weighted by Gasteiger charge is -2.21. The molecule has 4 nitrogen and oxygen atoms in total. The van der Waals surface area contributed by atoms with Gasteiger partial charge in [-0.3, -0.25) is 4.79 Å². The Morgan fingerprint density at radius 1 is 1.31 bits per heavy atom. The van der Waals surface area contributed by atoms with E-state index in [1.165, 1.54) is 11.3 Å². The number of nitrogens with zero attached hydrogens (tertiary/aromatic N) is 1. The fraction of sp³-hybridized carbons (Fsp3) is 0.545. The van der Waals surface area contributed by atoms with Crippen LogP contribution in [0.3, 0.4) is 0 Å².